The van der Waals surface area contributed by atoms with Gasteiger partial charge in [-0.05, 0) is 51.1 Å². The van der Waals surface area contributed by atoms with E-state index in [9.17, 15) is 0 Å². The predicted octanol–water partition coefficient (Wildman–Crippen LogP) is 2.26. The number of nitrogens with zero attached hydrogens (tertiary/aromatic N) is 1. The molecule has 20 heavy (non-hydrogen) atoms. The van der Waals surface area contributed by atoms with Gasteiger partial charge in [-0.2, -0.15) is 0 Å². The molecule has 114 valence electrons. The molecule has 0 aromatic rings. The molecule has 2 saturated heterocycles. The number of hydrogen-bond donors (Lipinski definition) is 1. The van der Waals surface area contributed by atoms with E-state index < -0.39 is 0 Å². The van der Waals surface area contributed by atoms with Crippen LogP contribution in [0.3, 0.4) is 0 Å². The fourth-order valence-corrected chi connectivity index (χ4v) is 5.03. The lowest BCUT2D eigenvalue weighted by Crippen LogP contribution is -2.69. The van der Waals surface area contributed by atoms with Crippen molar-refractivity contribution in [2.75, 3.05) is 26.2 Å². The Morgan fingerprint density at radius 3 is 2.85 bits per heavy atom. The Morgan fingerprint density at radius 2 is 2.05 bits per heavy atom. The van der Waals surface area contributed by atoms with Crippen LogP contribution in [0, 0.1) is 17.3 Å². The van der Waals surface area contributed by atoms with E-state index >= 15 is 0 Å². The first kappa shape index (κ1) is 13.5. The van der Waals surface area contributed by atoms with Gasteiger partial charge in [0, 0.05) is 36.6 Å². The third-order valence-corrected chi connectivity index (χ3v) is 6.34. The molecular weight excluding hydrogens is 248 g/mol. The van der Waals surface area contributed by atoms with Crippen LogP contribution in [0.1, 0.15) is 46.0 Å². The molecule has 4 aliphatic rings. The van der Waals surface area contributed by atoms with Crippen LogP contribution in [-0.2, 0) is 4.74 Å². The van der Waals surface area contributed by atoms with Crippen molar-refractivity contribution in [1.29, 1.82) is 0 Å². The second-order valence-electron chi connectivity index (χ2n) is 8.19. The zero-order valence-corrected chi connectivity index (χ0v) is 13.1. The van der Waals surface area contributed by atoms with Crippen LogP contribution in [-0.4, -0.2) is 49.3 Å². The van der Waals surface area contributed by atoms with Crippen molar-refractivity contribution in [3.05, 3.63) is 0 Å². The predicted molar refractivity (Wildman–Crippen MR) is 80.7 cm³/mol. The van der Waals surface area contributed by atoms with Crippen LogP contribution in [0.5, 0.6) is 0 Å². The van der Waals surface area contributed by atoms with Gasteiger partial charge in [-0.25, -0.2) is 0 Å². The molecule has 0 amide bonds. The average Bonchev–Trinajstić information content (AvgIpc) is 3.19. The molecule has 3 heteroatoms. The molecule has 0 spiro atoms. The Labute approximate surface area is 123 Å². The van der Waals surface area contributed by atoms with Gasteiger partial charge in [-0.3, -0.25) is 0 Å². The van der Waals surface area contributed by atoms with Gasteiger partial charge < -0.3 is 15.0 Å². The number of likely N-dealkylation sites (tertiary alicyclic amines) is 1. The number of hydrogen-bond acceptors (Lipinski definition) is 3. The lowest BCUT2D eigenvalue weighted by molar-refractivity contribution is -0.192. The van der Waals surface area contributed by atoms with Crippen molar-refractivity contribution >= 4 is 0 Å². The van der Waals surface area contributed by atoms with Crippen LogP contribution < -0.4 is 5.32 Å². The van der Waals surface area contributed by atoms with Gasteiger partial charge in [0.15, 0.2) is 0 Å². The molecule has 4 rings (SSSR count). The van der Waals surface area contributed by atoms with E-state index in [1.807, 2.05) is 0 Å². The van der Waals surface area contributed by atoms with Crippen molar-refractivity contribution in [3.8, 4) is 0 Å². The highest BCUT2D eigenvalue weighted by atomic mass is 16.5. The van der Waals surface area contributed by atoms with Crippen LogP contribution in [0.15, 0.2) is 0 Å². The molecular formula is C17H30N2O. The summed E-state index contributed by atoms with van der Waals surface area (Å²) in [5, 5.41) is 3.92. The SMILES string of the molecule is CC1(C)C(NCC2CCN(C3CC3)C2)C2CCCOC21. The van der Waals surface area contributed by atoms with E-state index in [2.05, 4.69) is 24.1 Å². The summed E-state index contributed by atoms with van der Waals surface area (Å²) in [6, 6.07) is 1.64. The quantitative estimate of drug-likeness (QED) is 0.854. The molecule has 4 fully saturated rings. The molecule has 0 radical (unpaired) electrons. The van der Waals surface area contributed by atoms with Gasteiger partial charge in [0.25, 0.3) is 0 Å². The van der Waals surface area contributed by atoms with Gasteiger partial charge in [-0.1, -0.05) is 13.8 Å². The average molecular weight is 278 g/mol. The minimum absolute atomic E-state index is 0.333. The topological polar surface area (TPSA) is 24.5 Å². The van der Waals surface area contributed by atoms with Crippen LogP contribution in [0.25, 0.3) is 0 Å². The van der Waals surface area contributed by atoms with E-state index in [1.54, 1.807) is 0 Å². The second-order valence-corrected chi connectivity index (χ2v) is 8.19. The fraction of sp³-hybridized carbons (Fsp3) is 1.00. The van der Waals surface area contributed by atoms with Crippen molar-refractivity contribution in [1.82, 2.24) is 10.2 Å². The molecule has 0 aromatic heterocycles. The minimum Gasteiger partial charge on any atom is -0.377 e. The van der Waals surface area contributed by atoms with Gasteiger partial charge in [0.1, 0.15) is 0 Å². The lowest BCUT2D eigenvalue weighted by Gasteiger charge is -2.60. The van der Waals surface area contributed by atoms with Gasteiger partial charge in [-0.15, -0.1) is 0 Å². The van der Waals surface area contributed by atoms with E-state index in [0.29, 0.717) is 17.6 Å². The zero-order chi connectivity index (χ0) is 13.7. The first-order chi connectivity index (χ1) is 9.66. The maximum Gasteiger partial charge on any atom is 0.0684 e. The third kappa shape index (κ3) is 2.22. The molecule has 0 bridgehead atoms. The first-order valence-electron chi connectivity index (χ1n) is 8.75. The maximum absolute atomic E-state index is 6.00. The van der Waals surface area contributed by atoms with E-state index in [4.69, 9.17) is 4.74 Å². The van der Waals surface area contributed by atoms with E-state index in [-0.39, 0.29) is 0 Å². The lowest BCUT2D eigenvalue weighted by atomic mass is 9.55. The maximum atomic E-state index is 6.00. The van der Waals surface area contributed by atoms with Gasteiger partial charge in [0.2, 0.25) is 0 Å². The van der Waals surface area contributed by atoms with Crippen LogP contribution in [0.2, 0.25) is 0 Å². The Bertz CT molecular complexity index is 366. The molecule has 2 aliphatic heterocycles. The molecule has 3 nitrogen and oxygen atoms in total. The Morgan fingerprint density at radius 1 is 1.20 bits per heavy atom. The van der Waals surface area contributed by atoms with Gasteiger partial charge >= 0.3 is 0 Å². The molecule has 1 N–H and O–H groups in total. The monoisotopic (exact) mass is 278 g/mol. The summed E-state index contributed by atoms with van der Waals surface area (Å²) in [7, 11) is 0. The fourth-order valence-electron chi connectivity index (χ4n) is 5.03. The van der Waals surface area contributed by atoms with E-state index in [0.717, 1.165) is 24.5 Å². The molecule has 2 aliphatic carbocycles. The van der Waals surface area contributed by atoms with Crippen molar-refractivity contribution < 1.29 is 4.74 Å². The summed E-state index contributed by atoms with van der Waals surface area (Å²) < 4.78 is 6.00. The standard InChI is InChI=1S/C17H30N2O/c1-17(2)15(14-4-3-9-20-16(14)17)18-10-12-7-8-19(11-12)13-5-6-13/h12-16,18H,3-11H2,1-2H3. The van der Waals surface area contributed by atoms with E-state index in [1.165, 1.54) is 51.7 Å². The molecule has 4 unspecified atom stereocenters. The summed E-state index contributed by atoms with van der Waals surface area (Å²) in [6.45, 7) is 9.68. The smallest absolute Gasteiger partial charge is 0.0684 e. The first-order valence-corrected chi connectivity index (χ1v) is 8.75. The third-order valence-electron chi connectivity index (χ3n) is 6.34. The molecule has 4 atom stereocenters. The number of nitrogens with one attached hydrogen (secondary N) is 1. The zero-order valence-electron chi connectivity index (χ0n) is 13.1. The van der Waals surface area contributed by atoms with Crippen molar-refractivity contribution in [2.24, 2.45) is 17.3 Å². The minimum atomic E-state index is 0.333. The highest BCUT2D eigenvalue weighted by Gasteiger charge is 2.57. The summed E-state index contributed by atoms with van der Waals surface area (Å²) in [5.41, 5.74) is 0.333. The van der Waals surface area contributed by atoms with Crippen molar-refractivity contribution in [3.63, 3.8) is 0 Å². The molecule has 0 aromatic carbocycles. The normalized spacial score (nSPS) is 44.1. The highest BCUT2D eigenvalue weighted by Crippen LogP contribution is 2.51. The highest BCUT2D eigenvalue weighted by molar-refractivity contribution is 5.10. The summed E-state index contributed by atoms with van der Waals surface area (Å²) in [4.78, 5) is 2.73. The largest absolute Gasteiger partial charge is 0.377 e. The number of ether oxygens (including phenoxy) is 1. The van der Waals surface area contributed by atoms with Crippen molar-refractivity contribution in [2.45, 2.75) is 64.1 Å². The second kappa shape index (κ2) is 4.96. The summed E-state index contributed by atoms with van der Waals surface area (Å²) >= 11 is 0. The van der Waals surface area contributed by atoms with Crippen LogP contribution in [0.4, 0.5) is 0 Å². The number of fused-ring (bicyclic) bond motifs is 1. The summed E-state index contributed by atoms with van der Waals surface area (Å²) in [5.74, 6) is 1.66. The Kier molecular flexibility index (Phi) is 3.36. The van der Waals surface area contributed by atoms with Gasteiger partial charge in [0.05, 0.1) is 6.10 Å². The van der Waals surface area contributed by atoms with Crippen LogP contribution >= 0.6 is 0 Å². The molecule has 2 saturated carbocycles. The Hall–Kier alpha value is -0.120. The Balaban J connectivity index is 1.29. The summed E-state index contributed by atoms with van der Waals surface area (Å²) in [6.07, 6.45) is 7.45. The molecule has 2 heterocycles. The number of rotatable bonds is 4.